The van der Waals surface area contributed by atoms with Gasteiger partial charge in [0.05, 0.1) is 13.0 Å². The van der Waals surface area contributed by atoms with Gasteiger partial charge in [-0.25, -0.2) is 4.79 Å². The highest BCUT2D eigenvalue weighted by Crippen LogP contribution is 2.13. The first-order valence-corrected chi connectivity index (χ1v) is 4.22. The predicted octanol–water partition coefficient (Wildman–Crippen LogP) is -1.63. The first-order valence-electron chi connectivity index (χ1n) is 4.22. The van der Waals surface area contributed by atoms with Crippen molar-refractivity contribution in [2.24, 2.45) is 0 Å². The highest BCUT2D eigenvalue weighted by Gasteiger charge is 2.29. The van der Waals surface area contributed by atoms with Gasteiger partial charge in [0.1, 0.15) is 5.82 Å². The normalized spacial score (nSPS) is 16.1. The Kier molecular flexibility index (Phi) is 2.00. The van der Waals surface area contributed by atoms with Crippen LogP contribution in [0.25, 0.3) is 0 Å². The molecule has 2 rings (SSSR count). The van der Waals surface area contributed by atoms with E-state index in [1.165, 1.54) is 0 Å². The van der Waals surface area contributed by atoms with Crippen molar-refractivity contribution in [3.8, 4) is 0 Å². The van der Waals surface area contributed by atoms with E-state index in [9.17, 15) is 19.2 Å². The van der Waals surface area contributed by atoms with Crippen LogP contribution in [0.5, 0.6) is 0 Å². The van der Waals surface area contributed by atoms with Gasteiger partial charge in [-0.05, 0) is 0 Å². The highest BCUT2D eigenvalue weighted by molar-refractivity contribution is 6.14. The van der Waals surface area contributed by atoms with Gasteiger partial charge in [0, 0.05) is 6.07 Å². The lowest BCUT2D eigenvalue weighted by Gasteiger charge is -2.12. The number of H-pyrrole nitrogens is 2. The number of carbonyl (C=O) groups is 2. The third-order valence-corrected chi connectivity index (χ3v) is 2.02. The Labute approximate surface area is 82.7 Å². The fraction of sp³-hybridized carbons (Fsp3) is 0.250. The summed E-state index contributed by atoms with van der Waals surface area (Å²) in [4.78, 5) is 49.5. The molecule has 78 valence electrons. The number of aromatic amines is 2. The molecule has 0 spiro atoms. The molecule has 2 heterocycles. The van der Waals surface area contributed by atoms with E-state index in [0.717, 1.165) is 11.0 Å². The van der Waals surface area contributed by atoms with Crippen molar-refractivity contribution in [1.29, 1.82) is 0 Å². The van der Waals surface area contributed by atoms with Crippen molar-refractivity contribution in [2.75, 3.05) is 11.4 Å². The molecular formula is C8H7N3O4. The van der Waals surface area contributed by atoms with Gasteiger partial charge >= 0.3 is 5.69 Å². The standard InChI is InChI=1S/C8H7N3O4/c12-4-1-7(14)11(3-4)5-2-6(13)10-8(15)9-5/h2H,1,3H2,(H2,9,10,13,15). The van der Waals surface area contributed by atoms with E-state index in [2.05, 4.69) is 4.98 Å². The summed E-state index contributed by atoms with van der Waals surface area (Å²) in [5.41, 5.74) is -1.31. The number of hydrogen-bond donors (Lipinski definition) is 2. The average Bonchev–Trinajstić information content (AvgIpc) is 2.43. The molecule has 0 saturated carbocycles. The summed E-state index contributed by atoms with van der Waals surface area (Å²) < 4.78 is 0. The molecule has 0 atom stereocenters. The summed E-state index contributed by atoms with van der Waals surface area (Å²) in [6.45, 7) is -0.0990. The second-order valence-corrected chi connectivity index (χ2v) is 3.17. The monoisotopic (exact) mass is 209 g/mol. The molecule has 0 aliphatic carbocycles. The van der Waals surface area contributed by atoms with Gasteiger partial charge in [-0.3, -0.25) is 29.3 Å². The first-order chi connectivity index (χ1) is 7.06. The number of nitrogens with zero attached hydrogens (tertiary/aromatic N) is 1. The number of amides is 1. The number of rotatable bonds is 1. The van der Waals surface area contributed by atoms with Gasteiger partial charge in [-0.15, -0.1) is 0 Å². The number of Topliss-reactive ketones (excluding diaryl/α,β-unsaturated/α-hetero) is 1. The summed E-state index contributed by atoms with van der Waals surface area (Å²) >= 11 is 0. The molecule has 1 aromatic heterocycles. The van der Waals surface area contributed by atoms with Crippen molar-refractivity contribution in [3.05, 3.63) is 26.9 Å². The van der Waals surface area contributed by atoms with E-state index in [4.69, 9.17) is 0 Å². The Morgan fingerprint density at radius 1 is 1.13 bits per heavy atom. The van der Waals surface area contributed by atoms with Crippen molar-refractivity contribution in [1.82, 2.24) is 9.97 Å². The minimum Gasteiger partial charge on any atom is -0.297 e. The van der Waals surface area contributed by atoms with E-state index < -0.39 is 17.2 Å². The Morgan fingerprint density at radius 3 is 2.40 bits per heavy atom. The molecule has 0 unspecified atom stereocenters. The van der Waals surface area contributed by atoms with Crippen LogP contribution in [0.3, 0.4) is 0 Å². The number of aromatic nitrogens is 2. The summed E-state index contributed by atoms with van der Waals surface area (Å²) in [6, 6.07) is 1.07. The topological polar surface area (TPSA) is 103 Å². The molecule has 1 aliphatic rings. The summed E-state index contributed by atoms with van der Waals surface area (Å²) in [5.74, 6) is -0.595. The number of hydrogen-bond acceptors (Lipinski definition) is 4. The smallest absolute Gasteiger partial charge is 0.297 e. The second-order valence-electron chi connectivity index (χ2n) is 3.17. The van der Waals surface area contributed by atoms with Crippen LogP contribution in [0.15, 0.2) is 15.7 Å². The van der Waals surface area contributed by atoms with Crippen molar-refractivity contribution >= 4 is 17.5 Å². The number of carbonyl (C=O) groups excluding carboxylic acids is 2. The zero-order valence-corrected chi connectivity index (χ0v) is 7.57. The number of nitrogens with one attached hydrogen (secondary N) is 2. The summed E-state index contributed by atoms with van der Waals surface area (Å²) in [7, 11) is 0. The minimum absolute atomic E-state index is 0.0552. The molecule has 0 bridgehead atoms. The molecule has 2 N–H and O–H groups in total. The van der Waals surface area contributed by atoms with E-state index in [-0.39, 0.29) is 24.6 Å². The molecule has 7 heteroatoms. The molecule has 0 radical (unpaired) electrons. The predicted molar refractivity (Wildman–Crippen MR) is 49.7 cm³/mol. The van der Waals surface area contributed by atoms with Crippen LogP contribution in [0.4, 0.5) is 5.82 Å². The number of ketones is 1. The van der Waals surface area contributed by atoms with Crippen molar-refractivity contribution in [2.45, 2.75) is 6.42 Å². The highest BCUT2D eigenvalue weighted by atomic mass is 16.2. The van der Waals surface area contributed by atoms with Gasteiger partial charge < -0.3 is 0 Å². The SMILES string of the molecule is O=C1CC(=O)N(c2cc(=O)[nH]c(=O)[nH]2)C1. The molecular weight excluding hydrogens is 202 g/mol. The van der Waals surface area contributed by atoms with E-state index in [0.29, 0.717) is 0 Å². The minimum atomic E-state index is -0.704. The molecule has 1 aliphatic heterocycles. The van der Waals surface area contributed by atoms with Crippen LogP contribution in [0.2, 0.25) is 0 Å². The Hall–Kier alpha value is -2.18. The van der Waals surface area contributed by atoms with Crippen molar-refractivity contribution < 1.29 is 9.59 Å². The maximum atomic E-state index is 11.3. The van der Waals surface area contributed by atoms with Crippen molar-refractivity contribution in [3.63, 3.8) is 0 Å². The fourth-order valence-corrected chi connectivity index (χ4v) is 1.41. The third-order valence-electron chi connectivity index (χ3n) is 2.02. The van der Waals surface area contributed by atoms with E-state index >= 15 is 0 Å². The average molecular weight is 209 g/mol. The third kappa shape index (κ3) is 1.71. The van der Waals surface area contributed by atoms with E-state index in [1.54, 1.807) is 0 Å². The quantitative estimate of drug-likeness (QED) is 0.542. The van der Waals surface area contributed by atoms with Crippen LogP contribution in [0, 0.1) is 0 Å². The van der Waals surface area contributed by atoms with Gasteiger partial charge in [0.25, 0.3) is 5.56 Å². The molecule has 1 amide bonds. The lowest BCUT2D eigenvalue weighted by atomic mass is 10.3. The fourth-order valence-electron chi connectivity index (χ4n) is 1.41. The molecule has 0 aromatic carbocycles. The summed E-state index contributed by atoms with van der Waals surface area (Å²) in [6.07, 6.45) is -0.186. The Balaban J connectivity index is 2.46. The van der Waals surface area contributed by atoms with Gasteiger partial charge in [-0.1, -0.05) is 0 Å². The molecule has 1 saturated heterocycles. The zero-order valence-electron chi connectivity index (χ0n) is 7.57. The number of anilines is 1. The zero-order chi connectivity index (χ0) is 11.0. The Bertz CT molecular complexity index is 513. The lowest BCUT2D eigenvalue weighted by molar-refractivity contribution is -0.121. The van der Waals surface area contributed by atoms with Crippen LogP contribution in [-0.2, 0) is 9.59 Å². The lowest BCUT2D eigenvalue weighted by Crippen LogP contribution is -2.31. The second kappa shape index (κ2) is 3.19. The Morgan fingerprint density at radius 2 is 1.87 bits per heavy atom. The molecule has 1 fully saturated rings. The van der Waals surface area contributed by atoms with E-state index in [1.807, 2.05) is 4.98 Å². The maximum Gasteiger partial charge on any atom is 0.327 e. The maximum absolute atomic E-state index is 11.3. The van der Waals surface area contributed by atoms with Gasteiger partial charge in [0.2, 0.25) is 5.91 Å². The van der Waals surface area contributed by atoms with Gasteiger partial charge in [-0.2, -0.15) is 0 Å². The molecule has 7 nitrogen and oxygen atoms in total. The van der Waals surface area contributed by atoms with Crippen LogP contribution in [0.1, 0.15) is 6.42 Å². The molecule has 15 heavy (non-hydrogen) atoms. The summed E-state index contributed by atoms with van der Waals surface area (Å²) in [5, 5.41) is 0. The van der Waals surface area contributed by atoms with Crippen LogP contribution in [-0.4, -0.2) is 28.2 Å². The largest absolute Gasteiger partial charge is 0.327 e. The van der Waals surface area contributed by atoms with Crippen LogP contribution < -0.4 is 16.1 Å². The molecule has 1 aromatic rings. The first kappa shape index (κ1) is 9.38. The van der Waals surface area contributed by atoms with Gasteiger partial charge in [0.15, 0.2) is 5.78 Å². The van der Waals surface area contributed by atoms with Crippen LogP contribution >= 0.6 is 0 Å².